The molecule has 33 heavy (non-hydrogen) atoms. The fourth-order valence-electron chi connectivity index (χ4n) is 4.24. The van der Waals surface area contributed by atoms with E-state index in [1.165, 1.54) is 6.07 Å². The third-order valence-electron chi connectivity index (χ3n) is 6.05. The summed E-state index contributed by atoms with van der Waals surface area (Å²) in [6.45, 7) is 6.77. The highest BCUT2D eigenvalue weighted by molar-refractivity contribution is 7.94. The molecule has 0 unspecified atom stereocenters. The fourth-order valence-corrected chi connectivity index (χ4v) is 6.34. The van der Waals surface area contributed by atoms with Gasteiger partial charge in [0.25, 0.3) is 5.91 Å². The maximum Gasteiger partial charge on any atom is 0.254 e. The van der Waals surface area contributed by atoms with Crippen LogP contribution in [0.15, 0.2) is 60.7 Å². The maximum atomic E-state index is 13.1. The molecule has 2 aromatic carbocycles. The van der Waals surface area contributed by atoms with Gasteiger partial charge in [-0.3, -0.25) is 14.5 Å². The van der Waals surface area contributed by atoms with E-state index in [1.54, 1.807) is 36.9 Å². The van der Waals surface area contributed by atoms with Gasteiger partial charge in [-0.2, -0.15) is 0 Å². The van der Waals surface area contributed by atoms with Crippen LogP contribution < -0.4 is 4.31 Å². The molecule has 174 valence electrons. The molecule has 0 bridgehead atoms. The van der Waals surface area contributed by atoms with E-state index in [0.717, 1.165) is 29.5 Å². The predicted molar refractivity (Wildman–Crippen MR) is 129 cm³/mol. The summed E-state index contributed by atoms with van der Waals surface area (Å²) in [5.74, 6) is -0.860. The number of carbonyl (C=O) groups excluding carboxylic acids is 2. The average Bonchev–Trinajstić information content (AvgIpc) is 2.96. The number of nitrogens with zero attached hydrogens (tertiary/aromatic N) is 3. The summed E-state index contributed by atoms with van der Waals surface area (Å²) in [6, 6.07) is 16.5. The number of amides is 2. The van der Waals surface area contributed by atoms with Gasteiger partial charge < -0.3 is 4.90 Å². The van der Waals surface area contributed by atoms with E-state index < -0.39 is 21.3 Å². The predicted octanol–water partition coefficient (Wildman–Crippen LogP) is 2.86. The number of benzene rings is 2. The van der Waals surface area contributed by atoms with Crippen molar-refractivity contribution in [3.05, 3.63) is 71.8 Å². The van der Waals surface area contributed by atoms with E-state index in [-0.39, 0.29) is 17.3 Å². The summed E-state index contributed by atoms with van der Waals surface area (Å²) in [5.41, 5.74) is 0.788. The van der Waals surface area contributed by atoms with Crippen LogP contribution in [0.5, 0.6) is 0 Å². The van der Waals surface area contributed by atoms with Gasteiger partial charge in [0.05, 0.1) is 16.9 Å². The van der Waals surface area contributed by atoms with Gasteiger partial charge in [0.2, 0.25) is 15.9 Å². The van der Waals surface area contributed by atoms with Gasteiger partial charge in [0.15, 0.2) is 0 Å². The van der Waals surface area contributed by atoms with Crippen molar-refractivity contribution in [3.63, 3.8) is 0 Å². The molecule has 0 spiro atoms. The van der Waals surface area contributed by atoms with Crippen LogP contribution in [0.1, 0.15) is 29.8 Å². The van der Waals surface area contributed by atoms with E-state index in [0.29, 0.717) is 18.7 Å². The molecule has 2 aliphatic heterocycles. The molecule has 7 nitrogen and oxygen atoms in total. The number of hydrogen-bond acceptors (Lipinski definition) is 5. The van der Waals surface area contributed by atoms with Crippen molar-refractivity contribution in [2.75, 3.05) is 42.8 Å². The minimum absolute atomic E-state index is 0.153. The lowest BCUT2D eigenvalue weighted by atomic mass is 9.95. The summed E-state index contributed by atoms with van der Waals surface area (Å²) in [7, 11) is -3.75. The lowest BCUT2D eigenvalue weighted by Gasteiger charge is -2.34. The van der Waals surface area contributed by atoms with E-state index in [2.05, 4.69) is 29.2 Å². The third kappa shape index (κ3) is 5.02. The lowest BCUT2D eigenvalue weighted by molar-refractivity contribution is -0.123. The molecule has 0 aromatic heterocycles. The second kappa shape index (κ2) is 9.11. The van der Waals surface area contributed by atoms with Gasteiger partial charge in [0.1, 0.15) is 0 Å². The van der Waals surface area contributed by atoms with Crippen LogP contribution >= 0.6 is 0 Å². The van der Waals surface area contributed by atoms with Gasteiger partial charge >= 0.3 is 0 Å². The Morgan fingerprint density at radius 3 is 2.33 bits per heavy atom. The zero-order valence-corrected chi connectivity index (χ0v) is 19.8. The van der Waals surface area contributed by atoms with E-state index >= 15 is 0 Å². The van der Waals surface area contributed by atoms with Crippen molar-refractivity contribution >= 4 is 33.6 Å². The van der Waals surface area contributed by atoms with Gasteiger partial charge in [-0.1, -0.05) is 48.6 Å². The van der Waals surface area contributed by atoms with Crippen LogP contribution in [0, 0.1) is 5.41 Å². The second-order valence-electron chi connectivity index (χ2n) is 9.17. The molecule has 0 N–H and O–H groups in total. The zero-order chi connectivity index (χ0) is 23.6. The molecule has 2 heterocycles. The van der Waals surface area contributed by atoms with Crippen LogP contribution in [0.25, 0.3) is 6.08 Å². The zero-order valence-electron chi connectivity index (χ0n) is 19.0. The first kappa shape index (κ1) is 23.2. The molecular formula is C25H29N3O4S. The quantitative estimate of drug-likeness (QED) is 0.676. The Morgan fingerprint density at radius 2 is 1.70 bits per heavy atom. The Morgan fingerprint density at radius 1 is 1.00 bits per heavy atom. The molecule has 8 heteroatoms. The first-order valence-corrected chi connectivity index (χ1v) is 12.7. The first-order chi connectivity index (χ1) is 15.7. The molecule has 0 saturated carbocycles. The summed E-state index contributed by atoms with van der Waals surface area (Å²) < 4.78 is 26.0. The molecule has 0 radical (unpaired) electrons. The Hall–Kier alpha value is -2.97. The molecule has 2 aliphatic rings. The number of sulfonamides is 1. The number of hydrogen-bond donors (Lipinski definition) is 0. The minimum atomic E-state index is -3.75. The largest absolute Gasteiger partial charge is 0.336 e. The van der Waals surface area contributed by atoms with Gasteiger partial charge in [-0.05, 0) is 37.6 Å². The van der Waals surface area contributed by atoms with Crippen LogP contribution in [0.2, 0.25) is 0 Å². The van der Waals surface area contributed by atoms with Gasteiger partial charge in [-0.15, -0.1) is 0 Å². The minimum Gasteiger partial charge on any atom is -0.336 e. The third-order valence-corrected chi connectivity index (χ3v) is 8.06. The number of rotatable bonds is 5. The number of carbonyl (C=O) groups is 2. The molecule has 0 aliphatic carbocycles. The lowest BCUT2D eigenvalue weighted by Crippen LogP contribution is -2.48. The molecule has 2 aromatic rings. The molecule has 0 atom stereocenters. The molecule has 2 amide bonds. The summed E-state index contributed by atoms with van der Waals surface area (Å²) >= 11 is 0. The van der Waals surface area contributed by atoms with Gasteiger partial charge in [-0.25, -0.2) is 12.7 Å². The van der Waals surface area contributed by atoms with Crippen molar-refractivity contribution in [1.82, 2.24) is 9.80 Å². The summed E-state index contributed by atoms with van der Waals surface area (Å²) in [6.07, 6.45) is 4.23. The monoisotopic (exact) mass is 467 g/mol. The number of anilines is 1. The van der Waals surface area contributed by atoms with Crippen molar-refractivity contribution < 1.29 is 18.0 Å². The highest BCUT2D eigenvalue weighted by atomic mass is 32.2. The molecular weight excluding hydrogens is 438 g/mol. The summed E-state index contributed by atoms with van der Waals surface area (Å²) in [5, 5.41) is 0. The van der Waals surface area contributed by atoms with E-state index in [9.17, 15) is 18.0 Å². The standard InChI is InChI=1S/C25H29N3O4S/c1-25(2)19-33(31,32)28(24(25)30)22-12-6-11-21(18-22)23(29)27-16-14-26(15-17-27)13-7-10-20-8-4-3-5-9-20/h3-12,18H,13-17,19H2,1-2H3/b10-7+. The Balaban J connectivity index is 1.39. The van der Waals surface area contributed by atoms with Crippen molar-refractivity contribution in [3.8, 4) is 0 Å². The van der Waals surface area contributed by atoms with Crippen LogP contribution in [0.4, 0.5) is 5.69 Å². The Kier molecular flexibility index (Phi) is 6.41. The second-order valence-corrected chi connectivity index (χ2v) is 11.0. The normalized spacial score (nSPS) is 20.5. The molecule has 4 rings (SSSR count). The first-order valence-electron chi connectivity index (χ1n) is 11.1. The van der Waals surface area contributed by atoms with Crippen LogP contribution in [-0.4, -0.2) is 68.5 Å². The average molecular weight is 468 g/mol. The SMILES string of the molecule is CC1(C)CS(=O)(=O)N(c2cccc(C(=O)N3CCN(C/C=C/c4ccccc4)CC3)c2)C1=O. The van der Waals surface area contributed by atoms with Crippen LogP contribution in [0.3, 0.4) is 0 Å². The van der Waals surface area contributed by atoms with Crippen molar-refractivity contribution in [2.24, 2.45) is 5.41 Å². The van der Waals surface area contributed by atoms with Gasteiger partial charge in [0, 0.05) is 38.3 Å². The highest BCUT2D eigenvalue weighted by Crippen LogP contribution is 2.36. The van der Waals surface area contributed by atoms with Crippen LogP contribution in [-0.2, 0) is 14.8 Å². The highest BCUT2D eigenvalue weighted by Gasteiger charge is 2.50. The van der Waals surface area contributed by atoms with Crippen molar-refractivity contribution in [2.45, 2.75) is 13.8 Å². The number of piperazine rings is 1. The molecule has 2 fully saturated rings. The Bertz CT molecular complexity index is 1170. The smallest absolute Gasteiger partial charge is 0.254 e. The van der Waals surface area contributed by atoms with E-state index in [1.807, 2.05) is 18.2 Å². The topological polar surface area (TPSA) is 78.0 Å². The fraction of sp³-hybridized carbons (Fsp3) is 0.360. The maximum absolute atomic E-state index is 13.1. The van der Waals surface area contributed by atoms with E-state index in [4.69, 9.17) is 0 Å². The van der Waals surface area contributed by atoms with Crippen molar-refractivity contribution in [1.29, 1.82) is 0 Å². The molecule has 2 saturated heterocycles. The Labute approximate surface area is 195 Å². The summed E-state index contributed by atoms with van der Waals surface area (Å²) in [4.78, 5) is 29.8.